The summed E-state index contributed by atoms with van der Waals surface area (Å²) >= 11 is 6.29. The van der Waals surface area contributed by atoms with Crippen molar-refractivity contribution >= 4 is 11.6 Å². The lowest BCUT2D eigenvalue weighted by Gasteiger charge is -2.19. The van der Waals surface area contributed by atoms with Gasteiger partial charge in [-0.3, -0.25) is 0 Å². The SMILES string of the molecule is CCCCCCCCC(Cc1ccccc1Cl)NCCC. The molecule has 0 spiro atoms. The third kappa shape index (κ3) is 8.48. The molecule has 0 amide bonds. The third-order valence-electron chi connectivity index (χ3n) is 4.01. The fourth-order valence-corrected chi connectivity index (χ4v) is 2.94. The molecule has 1 rings (SSSR count). The first kappa shape index (κ1) is 18.5. The number of rotatable bonds is 12. The molecule has 0 saturated carbocycles. The number of hydrogen-bond acceptors (Lipinski definition) is 1. The Morgan fingerprint density at radius 2 is 1.67 bits per heavy atom. The first-order chi connectivity index (χ1) is 10.3. The van der Waals surface area contributed by atoms with Crippen LogP contribution in [0.2, 0.25) is 5.02 Å². The minimum absolute atomic E-state index is 0.566. The number of unbranched alkanes of at least 4 members (excludes halogenated alkanes) is 5. The molecule has 0 heterocycles. The van der Waals surface area contributed by atoms with Gasteiger partial charge in [-0.1, -0.05) is 82.2 Å². The number of nitrogens with one attached hydrogen (secondary N) is 1. The normalized spacial score (nSPS) is 12.5. The van der Waals surface area contributed by atoms with Crippen LogP contribution < -0.4 is 5.32 Å². The molecule has 1 nitrogen and oxygen atoms in total. The minimum Gasteiger partial charge on any atom is -0.314 e. The molecular weight excluding hydrogens is 278 g/mol. The summed E-state index contributed by atoms with van der Waals surface area (Å²) in [5.41, 5.74) is 1.28. The average molecular weight is 310 g/mol. The second-order valence-corrected chi connectivity index (χ2v) is 6.41. The summed E-state index contributed by atoms with van der Waals surface area (Å²) in [5, 5.41) is 4.59. The van der Waals surface area contributed by atoms with Gasteiger partial charge in [0.15, 0.2) is 0 Å². The van der Waals surface area contributed by atoms with Crippen LogP contribution in [0.4, 0.5) is 0 Å². The summed E-state index contributed by atoms with van der Waals surface area (Å²) in [6.07, 6.45) is 11.7. The van der Waals surface area contributed by atoms with E-state index in [0.717, 1.165) is 18.0 Å². The molecule has 0 radical (unpaired) electrons. The highest BCUT2D eigenvalue weighted by atomic mass is 35.5. The van der Waals surface area contributed by atoms with E-state index in [-0.39, 0.29) is 0 Å². The van der Waals surface area contributed by atoms with Gasteiger partial charge < -0.3 is 5.32 Å². The van der Waals surface area contributed by atoms with Crippen LogP contribution in [0, 0.1) is 0 Å². The Morgan fingerprint density at radius 3 is 2.38 bits per heavy atom. The monoisotopic (exact) mass is 309 g/mol. The molecule has 1 unspecified atom stereocenters. The van der Waals surface area contributed by atoms with Crippen molar-refractivity contribution in [2.75, 3.05) is 6.54 Å². The fourth-order valence-electron chi connectivity index (χ4n) is 2.73. The van der Waals surface area contributed by atoms with E-state index in [4.69, 9.17) is 11.6 Å². The van der Waals surface area contributed by atoms with Crippen LogP contribution in [0.25, 0.3) is 0 Å². The van der Waals surface area contributed by atoms with Gasteiger partial charge in [-0.2, -0.15) is 0 Å². The van der Waals surface area contributed by atoms with Crippen molar-refractivity contribution in [2.45, 2.75) is 77.7 Å². The molecular formula is C19H32ClN. The predicted octanol–water partition coefficient (Wildman–Crippen LogP) is 6.00. The number of benzene rings is 1. The zero-order chi connectivity index (χ0) is 15.3. The van der Waals surface area contributed by atoms with Gasteiger partial charge in [-0.25, -0.2) is 0 Å². The van der Waals surface area contributed by atoms with Crippen molar-refractivity contribution < 1.29 is 0 Å². The van der Waals surface area contributed by atoms with Crippen molar-refractivity contribution in [3.8, 4) is 0 Å². The number of halogens is 1. The van der Waals surface area contributed by atoms with Crippen LogP contribution >= 0.6 is 11.6 Å². The second kappa shape index (κ2) is 12.1. The second-order valence-electron chi connectivity index (χ2n) is 6.00. The Labute approximate surface area is 136 Å². The Kier molecular flexibility index (Phi) is 10.6. The standard InChI is InChI=1S/C19H32ClN/c1-3-5-6-7-8-9-13-18(21-15-4-2)16-17-12-10-11-14-19(17)20/h10-12,14,18,21H,3-9,13,15-16H2,1-2H3. The highest BCUT2D eigenvalue weighted by molar-refractivity contribution is 6.31. The molecule has 0 fully saturated rings. The molecule has 2 heteroatoms. The summed E-state index contributed by atoms with van der Waals surface area (Å²) in [5.74, 6) is 0. The zero-order valence-corrected chi connectivity index (χ0v) is 14.6. The molecule has 0 saturated heterocycles. The maximum atomic E-state index is 6.29. The lowest BCUT2D eigenvalue weighted by Crippen LogP contribution is -2.31. The topological polar surface area (TPSA) is 12.0 Å². The van der Waals surface area contributed by atoms with Gasteiger partial charge in [-0.05, 0) is 37.4 Å². The van der Waals surface area contributed by atoms with Gasteiger partial charge in [0.05, 0.1) is 0 Å². The van der Waals surface area contributed by atoms with Crippen molar-refractivity contribution in [3.05, 3.63) is 34.9 Å². The first-order valence-electron chi connectivity index (χ1n) is 8.74. The molecule has 1 atom stereocenters. The van der Waals surface area contributed by atoms with Gasteiger partial charge in [0.1, 0.15) is 0 Å². The van der Waals surface area contributed by atoms with Crippen molar-refractivity contribution in [1.29, 1.82) is 0 Å². The van der Waals surface area contributed by atoms with E-state index in [0.29, 0.717) is 6.04 Å². The molecule has 0 aliphatic rings. The molecule has 0 aliphatic heterocycles. The fraction of sp³-hybridized carbons (Fsp3) is 0.684. The predicted molar refractivity (Wildman–Crippen MR) is 95.2 cm³/mol. The van der Waals surface area contributed by atoms with Crippen LogP contribution in [-0.4, -0.2) is 12.6 Å². The van der Waals surface area contributed by atoms with Gasteiger partial charge in [0.25, 0.3) is 0 Å². The van der Waals surface area contributed by atoms with Gasteiger partial charge in [0, 0.05) is 11.1 Å². The average Bonchev–Trinajstić information content (AvgIpc) is 2.50. The summed E-state index contributed by atoms with van der Waals surface area (Å²) in [4.78, 5) is 0. The molecule has 1 N–H and O–H groups in total. The van der Waals surface area contributed by atoms with Crippen LogP contribution in [0.1, 0.15) is 70.8 Å². The van der Waals surface area contributed by atoms with Crippen LogP contribution in [-0.2, 0) is 6.42 Å². The Hall–Kier alpha value is -0.530. The van der Waals surface area contributed by atoms with Crippen LogP contribution in [0.3, 0.4) is 0 Å². The van der Waals surface area contributed by atoms with E-state index in [1.807, 2.05) is 12.1 Å². The third-order valence-corrected chi connectivity index (χ3v) is 4.38. The van der Waals surface area contributed by atoms with E-state index < -0.39 is 0 Å². The lowest BCUT2D eigenvalue weighted by molar-refractivity contribution is 0.450. The molecule has 120 valence electrons. The van der Waals surface area contributed by atoms with Crippen LogP contribution in [0.5, 0.6) is 0 Å². The van der Waals surface area contributed by atoms with Crippen molar-refractivity contribution in [3.63, 3.8) is 0 Å². The Morgan fingerprint density at radius 1 is 0.952 bits per heavy atom. The van der Waals surface area contributed by atoms with E-state index >= 15 is 0 Å². The van der Waals surface area contributed by atoms with E-state index in [2.05, 4.69) is 31.3 Å². The maximum Gasteiger partial charge on any atom is 0.0438 e. The van der Waals surface area contributed by atoms with Gasteiger partial charge >= 0.3 is 0 Å². The molecule has 21 heavy (non-hydrogen) atoms. The molecule has 0 bridgehead atoms. The summed E-state index contributed by atoms with van der Waals surface area (Å²) in [6, 6.07) is 8.82. The largest absolute Gasteiger partial charge is 0.314 e. The van der Waals surface area contributed by atoms with E-state index in [1.165, 1.54) is 56.9 Å². The summed E-state index contributed by atoms with van der Waals surface area (Å²) < 4.78 is 0. The summed E-state index contributed by atoms with van der Waals surface area (Å²) in [6.45, 7) is 5.60. The van der Waals surface area contributed by atoms with Crippen LogP contribution in [0.15, 0.2) is 24.3 Å². The quantitative estimate of drug-likeness (QED) is 0.467. The van der Waals surface area contributed by atoms with Gasteiger partial charge in [-0.15, -0.1) is 0 Å². The minimum atomic E-state index is 0.566. The Bertz CT molecular complexity index is 364. The zero-order valence-electron chi connectivity index (χ0n) is 13.8. The van der Waals surface area contributed by atoms with E-state index in [1.54, 1.807) is 0 Å². The molecule has 1 aromatic carbocycles. The maximum absolute atomic E-state index is 6.29. The summed E-state index contributed by atoms with van der Waals surface area (Å²) in [7, 11) is 0. The molecule has 1 aromatic rings. The lowest BCUT2D eigenvalue weighted by atomic mass is 9.99. The molecule has 0 aliphatic carbocycles. The van der Waals surface area contributed by atoms with Crippen molar-refractivity contribution in [1.82, 2.24) is 5.32 Å². The Balaban J connectivity index is 2.35. The number of hydrogen-bond donors (Lipinski definition) is 1. The highest BCUT2D eigenvalue weighted by Gasteiger charge is 2.10. The van der Waals surface area contributed by atoms with E-state index in [9.17, 15) is 0 Å². The smallest absolute Gasteiger partial charge is 0.0438 e. The molecule has 0 aromatic heterocycles. The van der Waals surface area contributed by atoms with Gasteiger partial charge in [0.2, 0.25) is 0 Å². The highest BCUT2D eigenvalue weighted by Crippen LogP contribution is 2.19. The first-order valence-corrected chi connectivity index (χ1v) is 9.12. The van der Waals surface area contributed by atoms with Crippen molar-refractivity contribution in [2.24, 2.45) is 0 Å².